The Bertz CT molecular complexity index is 561. The summed E-state index contributed by atoms with van der Waals surface area (Å²) in [6, 6.07) is 7.46. The maximum absolute atomic E-state index is 11.4. The van der Waals surface area contributed by atoms with Crippen LogP contribution in [0, 0.1) is 13.8 Å². The van der Waals surface area contributed by atoms with Crippen molar-refractivity contribution in [2.24, 2.45) is 0 Å². The maximum Gasteiger partial charge on any atom is 0.337 e. The molecule has 2 aromatic rings. The molecule has 0 bridgehead atoms. The van der Waals surface area contributed by atoms with E-state index >= 15 is 0 Å². The number of hydrogen-bond acceptors (Lipinski definition) is 3. The van der Waals surface area contributed by atoms with Crippen LogP contribution < -0.4 is 0 Å². The second-order valence-corrected chi connectivity index (χ2v) is 3.80. The quantitative estimate of drug-likeness (QED) is 0.686. The van der Waals surface area contributed by atoms with Gasteiger partial charge in [0.2, 0.25) is 0 Å². The first-order valence-corrected chi connectivity index (χ1v) is 5.08. The van der Waals surface area contributed by atoms with E-state index in [0.29, 0.717) is 5.56 Å². The number of aromatic nitrogens is 1. The topological polar surface area (TPSA) is 39.2 Å². The van der Waals surface area contributed by atoms with Crippen molar-refractivity contribution in [3.05, 3.63) is 41.1 Å². The van der Waals surface area contributed by atoms with E-state index in [-0.39, 0.29) is 5.97 Å². The molecule has 0 N–H and O–H groups in total. The molecule has 0 unspecified atom stereocenters. The van der Waals surface area contributed by atoms with Gasteiger partial charge in [-0.1, -0.05) is 6.07 Å². The van der Waals surface area contributed by atoms with E-state index in [4.69, 9.17) is 0 Å². The fourth-order valence-electron chi connectivity index (χ4n) is 1.82. The molecule has 2 rings (SSSR count). The third kappa shape index (κ3) is 1.76. The van der Waals surface area contributed by atoms with Gasteiger partial charge in [0, 0.05) is 11.1 Å². The fraction of sp³-hybridized carbons (Fsp3) is 0.231. The standard InChI is InChI=1S/C13H13NO2/c1-8-6-9(2)14-12-7-10(13(15)16-3)4-5-11(8)12/h4-7H,1-3H3. The number of carbonyl (C=O) groups is 1. The Labute approximate surface area is 94.1 Å². The van der Waals surface area contributed by atoms with E-state index in [9.17, 15) is 4.79 Å². The number of methoxy groups -OCH3 is 1. The molecule has 0 spiro atoms. The van der Waals surface area contributed by atoms with Crippen LogP contribution in [0.1, 0.15) is 21.6 Å². The molecule has 3 heteroatoms. The molecule has 16 heavy (non-hydrogen) atoms. The molecule has 0 radical (unpaired) electrons. The van der Waals surface area contributed by atoms with Gasteiger partial charge >= 0.3 is 5.97 Å². The summed E-state index contributed by atoms with van der Waals surface area (Å²) in [7, 11) is 1.38. The highest BCUT2D eigenvalue weighted by atomic mass is 16.5. The monoisotopic (exact) mass is 215 g/mol. The smallest absolute Gasteiger partial charge is 0.337 e. The van der Waals surface area contributed by atoms with Crippen LogP contribution in [-0.4, -0.2) is 18.1 Å². The number of nitrogens with zero attached hydrogens (tertiary/aromatic N) is 1. The summed E-state index contributed by atoms with van der Waals surface area (Å²) in [5.41, 5.74) is 3.49. The van der Waals surface area contributed by atoms with Crippen LogP contribution in [0.2, 0.25) is 0 Å². The number of ether oxygens (including phenoxy) is 1. The van der Waals surface area contributed by atoms with Crippen LogP contribution in [0.3, 0.4) is 0 Å². The van der Waals surface area contributed by atoms with Gasteiger partial charge in [-0.25, -0.2) is 4.79 Å². The van der Waals surface area contributed by atoms with Crippen molar-refractivity contribution in [2.45, 2.75) is 13.8 Å². The van der Waals surface area contributed by atoms with Gasteiger partial charge in [0.25, 0.3) is 0 Å². The summed E-state index contributed by atoms with van der Waals surface area (Å²) in [6.45, 7) is 3.98. The summed E-state index contributed by atoms with van der Waals surface area (Å²) in [6.07, 6.45) is 0. The first-order valence-electron chi connectivity index (χ1n) is 5.08. The second-order valence-electron chi connectivity index (χ2n) is 3.80. The second kappa shape index (κ2) is 3.93. The average Bonchev–Trinajstić information content (AvgIpc) is 2.27. The van der Waals surface area contributed by atoms with E-state index < -0.39 is 0 Å². The largest absolute Gasteiger partial charge is 0.465 e. The predicted octanol–water partition coefficient (Wildman–Crippen LogP) is 2.64. The Morgan fingerprint density at radius 3 is 2.69 bits per heavy atom. The lowest BCUT2D eigenvalue weighted by molar-refractivity contribution is 0.0601. The zero-order valence-electron chi connectivity index (χ0n) is 9.57. The molecular weight excluding hydrogens is 202 g/mol. The number of aryl methyl sites for hydroxylation is 2. The summed E-state index contributed by atoms with van der Waals surface area (Å²) in [5.74, 6) is -0.331. The van der Waals surface area contributed by atoms with Crippen molar-refractivity contribution in [2.75, 3.05) is 7.11 Å². The minimum atomic E-state index is -0.331. The number of carbonyl (C=O) groups excluding carboxylic acids is 1. The van der Waals surface area contributed by atoms with Crippen LogP contribution >= 0.6 is 0 Å². The number of benzene rings is 1. The SMILES string of the molecule is COC(=O)c1ccc2c(C)cc(C)nc2c1. The van der Waals surface area contributed by atoms with E-state index in [1.54, 1.807) is 12.1 Å². The van der Waals surface area contributed by atoms with Gasteiger partial charge in [-0.15, -0.1) is 0 Å². The van der Waals surface area contributed by atoms with Gasteiger partial charge in [-0.05, 0) is 37.6 Å². The molecule has 0 saturated carbocycles. The van der Waals surface area contributed by atoms with Crippen molar-refractivity contribution in [1.29, 1.82) is 0 Å². The van der Waals surface area contributed by atoms with E-state index in [0.717, 1.165) is 16.6 Å². The summed E-state index contributed by atoms with van der Waals surface area (Å²) < 4.78 is 4.68. The Morgan fingerprint density at radius 1 is 1.25 bits per heavy atom. The van der Waals surface area contributed by atoms with Gasteiger partial charge in [0.1, 0.15) is 0 Å². The molecule has 0 saturated heterocycles. The van der Waals surface area contributed by atoms with Gasteiger partial charge < -0.3 is 4.74 Å². The van der Waals surface area contributed by atoms with Crippen molar-refractivity contribution < 1.29 is 9.53 Å². The first-order chi connectivity index (χ1) is 7.61. The zero-order chi connectivity index (χ0) is 11.7. The van der Waals surface area contributed by atoms with Crippen LogP contribution in [0.5, 0.6) is 0 Å². The summed E-state index contributed by atoms with van der Waals surface area (Å²) in [4.78, 5) is 15.8. The number of esters is 1. The minimum Gasteiger partial charge on any atom is -0.465 e. The highest BCUT2D eigenvalue weighted by Crippen LogP contribution is 2.19. The molecule has 82 valence electrons. The number of fused-ring (bicyclic) bond motifs is 1. The van der Waals surface area contributed by atoms with Gasteiger partial charge in [-0.2, -0.15) is 0 Å². The van der Waals surface area contributed by atoms with E-state index in [1.165, 1.54) is 12.7 Å². The summed E-state index contributed by atoms with van der Waals surface area (Å²) in [5, 5.41) is 1.07. The van der Waals surface area contributed by atoms with Crippen molar-refractivity contribution in [1.82, 2.24) is 4.98 Å². The van der Waals surface area contributed by atoms with Crippen LogP contribution in [0.15, 0.2) is 24.3 Å². The van der Waals surface area contributed by atoms with Gasteiger partial charge in [0.15, 0.2) is 0 Å². The zero-order valence-corrected chi connectivity index (χ0v) is 9.57. The molecule has 3 nitrogen and oxygen atoms in total. The van der Waals surface area contributed by atoms with Gasteiger partial charge in [-0.3, -0.25) is 4.98 Å². The molecule has 1 aromatic heterocycles. The Hall–Kier alpha value is -1.90. The Balaban J connectivity index is 2.66. The average molecular weight is 215 g/mol. The highest BCUT2D eigenvalue weighted by molar-refractivity contribution is 5.94. The Kier molecular flexibility index (Phi) is 2.60. The third-order valence-corrected chi connectivity index (χ3v) is 2.57. The molecule has 1 aromatic carbocycles. The molecule has 0 aliphatic rings. The molecule has 0 fully saturated rings. The molecular formula is C13H13NO2. The minimum absolute atomic E-state index is 0.331. The maximum atomic E-state index is 11.4. The molecule has 1 heterocycles. The van der Waals surface area contributed by atoms with Crippen molar-refractivity contribution in [3.8, 4) is 0 Å². The summed E-state index contributed by atoms with van der Waals surface area (Å²) >= 11 is 0. The van der Waals surface area contributed by atoms with Crippen LogP contribution in [0.4, 0.5) is 0 Å². The third-order valence-electron chi connectivity index (χ3n) is 2.57. The number of hydrogen-bond donors (Lipinski definition) is 0. The van der Waals surface area contributed by atoms with Gasteiger partial charge in [0.05, 0.1) is 18.2 Å². The molecule has 0 aliphatic heterocycles. The lowest BCUT2D eigenvalue weighted by atomic mass is 10.1. The van der Waals surface area contributed by atoms with E-state index in [1.807, 2.05) is 26.0 Å². The highest BCUT2D eigenvalue weighted by Gasteiger charge is 2.07. The normalized spacial score (nSPS) is 10.4. The van der Waals surface area contributed by atoms with Crippen LogP contribution in [0.25, 0.3) is 10.9 Å². The molecule has 0 aliphatic carbocycles. The van der Waals surface area contributed by atoms with Crippen LogP contribution in [-0.2, 0) is 4.74 Å². The predicted molar refractivity (Wildman–Crippen MR) is 62.6 cm³/mol. The van der Waals surface area contributed by atoms with Crippen molar-refractivity contribution >= 4 is 16.9 Å². The lowest BCUT2D eigenvalue weighted by Crippen LogP contribution is -2.01. The first kappa shape index (κ1) is 10.6. The van der Waals surface area contributed by atoms with Crippen molar-refractivity contribution in [3.63, 3.8) is 0 Å². The lowest BCUT2D eigenvalue weighted by Gasteiger charge is -2.05. The molecule has 0 amide bonds. The Morgan fingerprint density at radius 2 is 2.00 bits per heavy atom. The fourth-order valence-corrected chi connectivity index (χ4v) is 1.82. The number of pyridine rings is 1. The molecule has 0 atom stereocenters. The van der Waals surface area contributed by atoms with E-state index in [2.05, 4.69) is 9.72 Å². The number of rotatable bonds is 1.